The summed E-state index contributed by atoms with van der Waals surface area (Å²) >= 11 is 6.21. The maximum atomic E-state index is 8.99. The Hall–Kier alpha value is -1.35. The van der Waals surface area contributed by atoms with E-state index in [1.54, 1.807) is 12.3 Å². The van der Waals surface area contributed by atoms with Gasteiger partial charge in [-0.3, -0.25) is 4.90 Å². The topological polar surface area (TPSA) is 63.4 Å². The number of hydrogen-bond acceptors (Lipinski definition) is 5. The summed E-state index contributed by atoms with van der Waals surface area (Å²) in [7, 11) is 0. The van der Waals surface area contributed by atoms with Crippen molar-refractivity contribution < 1.29 is 5.11 Å². The average Bonchev–Trinajstić information content (AvgIpc) is 2.65. The van der Waals surface area contributed by atoms with Gasteiger partial charge in [0.05, 0.1) is 12.2 Å². The van der Waals surface area contributed by atoms with Crippen molar-refractivity contribution in [3.63, 3.8) is 0 Å². The van der Waals surface area contributed by atoms with Gasteiger partial charge in [0.2, 0.25) is 0 Å². The Morgan fingerprint density at radius 1 is 1.37 bits per heavy atom. The Labute approximate surface area is 118 Å². The van der Waals surface area contributed by atoms with E-state index in [0.717, 1.165) is 32.6 Å². The molecule has 1 fully saturated rings. The van der Waals surface area contributed by atoms with Crippen LogP contribution in [0.5, 0.6) is 0 Å². The molecule has 0 saturated carbocycles. The van der Waals surface area contributed by atoms with Gasteiger partial charge in [0.15, 0.2) is 0 Å². The minimum Gasteiger partial charge on any atom is -0.395 e. The summed E-state index contributed by atoms with van der Waals surface area (Å²) in [5, 5.41) is 18.4. The molecule has 5 nitrogen and oxygen atoms in total. The zero-order valence-corrected chi connectivity index (χ0v) is 11.5. The number of rotatable bonds is 3. The summed E-state index contributed by atoms with van der Waals surface area (Å²) in [6.45, 7) is 4.39. The summed E-state index contributed by atoms with van der Waals surface area (Å²) in [6.07, 6.45) is 2.62. The lowest BCUT2D eigenvalue weighted by Gasteiger charge is -2.23. The standard InChI is InChI=1S/C13H17ClN4O/c14-12-11(10-15)2-3-16-13(12)18-5-1-4-17(6-7-18)8-9-19/h2-3,19H,1,4-9H2. The van der Waals surface area contributed by atoms with Crippen LogP contribution < -0.4 is 4.90 Å². The molecule has 1 aromatic rings. The predicted octanol–water partition coefficient (Wildman–Crippen LogP) is 1.11. The van der Waals surface area contributed by atoms with E-state index in [0.29, 0.717) is 22.9 Å². The van der Waals surface area contributed by atoms with E-state index >= 15 is 0 Å². The van der Waals surface area contributed by atoms with E-state index in [1.807, 2.05) is 0 Å². The number of anilines is 1. The van der Waals surface area contributed by atoms with Crippen LogP contribution >= 0.6 is 11.6 Å². The Kier molecular flexibility index (Phi) is 4.97. The zero-order chi connectivity index (χ0) is 13.7. The van der Waals surface area contributed by atoms with Gasteiger partial charge in [0.25, 0.3) is 0 Å². The highest BCUT2D eigenvalue weighted by atomic mass is 35.5. The fourth-order valence-corrected chi connectivity index (χ4v) is 2.56. The summed E-state index contributed by atoms with van der Waals surface area (Å²) in [4.78, 5) is 8.63. The molecular weight excluding hydrogens is 264 g/mol. The van der Waals surface area contributed by atoms with Crippen LogP contribution in [0.3, 0.4) is 0 Å². The molecule has 0 bridgehead atoms. The fourth-order valence-electron chi connectivity index (χ4n) is 2.29. The van der Waals surface area contributed by atoms with Gasteiger partial charge in [-0.25, -0.2) is 4.98 Å². The third-order valence-electron chi connectivity index (χ3n) is 3.30. The second-order valence-corrected chi connectivity index (χ2v) is 4.89. The molecule has 1 N–H and O–H groups in total. The molecule has 0 aromatic carbocycles. The van der Waals surface area contributed by atoms with E-state index in [2.05, 4.69) is 20.9 Å². The van der Waals surface area contributed by atoms with E-state index in [1.165, 1.54) is 0 Å². The second kappa shape index (κ2) is 6.71. The van der Waals surface area contributed by atoms with Crippen molar-refractivity contribution in [1.29, 1.82) is 5.26 Å². The van der Waals surface area contributed by atoms with E-state index < -0.39 is 0 Å². The van der Waals surface area contributed by atoms with Gasteiger partial charge in [-0.2, -0.15) is 5.26 Å². The van der Waals surface area contributed by atoms with Crippen molar-refractivity contribution in [2.75, 3.05) is 44.2 Å². The number of nitrogens with zero attached hydrogens (tertiary/aromatic N) is 4. The minimum absolute atomic E-state index is 0.183. The smallest absolute Gasteiger partial charge is 0.148 e. The molecule has 1 aliphatic rings. The Bertz CT molecular complexity index is 474. The lowest BCUT2D eigenvalue weighted by molar-refractivity contribution is 0.204. The number of nitriles is 1. The largest absolute Gasteiger partial charge is 0.395 e. The van der Waals surface area contributed by atoms with E-state index in [9.17, 15) is 0 Å². The van der Waals surface area contributed by atoms with Crippen molar-refractivity contribution in [3.05, 3.63) is 22.8 Å². The van der Waals surface area contributed by atoms with Crippen LogP contribution in [0.2, 0.25) is 5.02 Å². The first-order valence-corrected chi connectivity index (χ1v) is 6.77. The molecule has 0 spiro atoms. The van der Waals surface area contributed by atoms with Gasteiger partial charge in [-0.15, -0.1) is 0 Å². The molecule has 0 amide bonds. The fraction of sp³-hybridized carbons (Fsp3) is 0.538. The number of β-amino-alcohol motifs (C(OH)–C–C–N with tert-alkyl or cyclic N) is 1. The number of aliphatic hydroxyl groups excluding tert-OH is 1. The van der Waals surface area contributed by atoms with E-state index in [-0.39, 0.29) is 6.61 Å². The summed E-state index contributed by atoms with van der Waals surface area (Å²) in [5.74, 6) is 0.687. The highest BCUT2D eigenvalue weighted by molar-refractivity contribution is 6.34. The van der Waals surface area contributed by atoms with Crippen LogP contribution in [0.4, 0.5) is 5.82 Å². The minimum atomic E-state index is 0.183. The van der Waals surface area contributed by atoms with Crippen molar-refractivity contribution in [3.8, 4) is 6.07 Å². The lowest BCUT2D eigenvalue weighted by atomic mass is 10.2. The van der Waals surface area contributed by atoms with Crippen LogP contribution in [0.15, 0.2) is 12.3 Å². The van der Waals surface area contributed by atoms with Crippen LogP contribution in [-0.2, 0) is 0 Å². The van der Waals surface area contributed by atoms with Crippen molar-refractivity contribution in [1.82, 2.24) is 9.88 Å². The van der Waals surface area contributed by atoms with Gasteiger partial charge in [-0.05, 0) is 19.0 Å². The Morgan fingerprint density at radius 3 is 2.95 bits per heavy atom. The highest BCUT2D eigenvalue weighted by Crippen LogP contribution is 2.27. The molecule has 1 aromatic heterocycles. The summed E-state index contributed by atoms with van der Waals surface area (Å²) < 4.78 is 0. The highest BCUT2D eigenvalue weighted by Gasteiger charge is 2.18. The molecule has 0 atom stereocenters. The average molecular weight is 281 g/mol. The molecule has 2 rings (SSSR count). The van der Waals surface area contributed by atoms with Crippen LogP contribution in [0.1, 0.15) is 12.0 Å². The molecule has 0 radical (unpaired) electrons. The first-order valence-electron chi connectivity index (χ1n) is 6.39. The molecule has 1 saturated heterocycles. The maximum Gasteiger partial charge on any atom is 0.148 e. The Balaban J connectivity index is 2.12. The maximum absolute atomic E-state index is 8.99. The van der Waals surface area contributed by atoms with Crippen molar-refractivity contribution in [2.45, 2.75) is 6.42 Å². The molecule has 19 heavy (non-hydrogen) atoms. The third kappa shape index (κ3) is 3.35. The molecule has 102 valence electrons. The normalized spacial score (nSPS) is 17.0. The van der Waals surface area contributed by atoms with Gasteiger partial charge in [0, 0.05) is 32.4 Å². The second-order valence-electron chi connectivity index (χ2n) is 4.51. The lowest BCUT2D eigenvalue weighted by Crippen LogP contribution is -2.32. The van der Waals surface area contributed by atoms with Gasteiger partial charge in [0.1, 0.15) is 16.9 Å². The molecule has 1 aliphatic heterocycles. The molecular formula is C13H17ClN4O. The first kappa shape index (κ1) is 14.1. The number of hydrogen-bond donors (Lipinski definition) is 1. The SMILES string of the molecule is N#Cc1ccnc(N2CCCN(CCO)CC2)c1Cl. The van der Waals surface area contributed by atoms with Gasteiger partial charge < -0.3 is 10.0 Å². The van der Waals surface area contributed by atoms with Gasteiger partial charge in [-0.1, -0.05) is 11.6 Å². The number of pyridine rings is 1. The summed E-state index contributed by atoms with van der Waals surface area (Å²) in [6, 6.07) is 3.70. The van der Waals surface area contributed by atoms with Crippen LogP contribution in [0, 0.1) is 11.3 Å². The molecule has 0 aliphatic carbocycles. The third-order valence-corrected chi connectivity index (χ3v) is 3.67. The van der Waals surface area contributed by atoms with Crippen molar-refractivity contribution in [2.24, 2.45) is 0 Å². The quantitative estimate of drug-likeness (QED) is 0.899. The van der Waals surface area contributed by atoms with Crippen LogP contribution in [-0.4, -0.2) is 54.3 Å². The molecule has 6 heteroatoms. The number of aromatic nitrogens is 1. The zero-order valence-electron chi connectivity index (χ0n) is 10.7. The Morgan fingerprint density at radius 2 is 2.21 bits per heavy atom. The van der Waals surface area contributed by atoms with Crippen molar-refractivity contribution >= 4 is 17.4 Å². The van der Waals surface area contributed by atoms with Gasteiger partial charge >= 0.3 is 0 Å². The van der Waals surface area contributed by atoms with E-state index in [4.69, 9.17) is 22.0 Å². The number of halogens is 1. The number of aliphatic hydroxyl groups is 1. The molecule has 0 unspecified atom stereocenters. The van der Waals surface area contributed by atoms with Crippen LogP contribution in [0.25, 0.3) is 0 Å². The monoisotopic (exact) mass is 280 g/mol. The summed E-state index contributed by atoms with van der Waals surface area (Å²) in [5.41, 5.74) is 0.461. The first-order chi connectivity index (χ1) is 9.26. The predicted molar refractivity (Wildman–Crippen MR) is 74.3 cm³/mol. The molecule has 2 heterocycles.